The molecule has 0 unspecified atom stereocenters. The highest BCUT2D eigenvalue weighted by molar-refractivity contribution is 7.11. The van der Waals surface area contributed by atoms with Gasteiger partial charge >= 0.3 is 0 Å². The number of carbonyl (C=O) groups excluding carboxylic acids is 2. The highest BCUT2D eigenvalue weighted by atomic mass is 32.1. The summed E-state index contributed by atoms with van der Waals surface area (Å²) in [5.41, 5.74) is 1.56. The van der Waals surface area contributed by atoms with Crippen molar-refractivity contribution in [2.75, 3.05) is 24.4 Å². The van der Waals surface area contributed by atoms with Crippen molar-refractivity contribution >= 4 is 40.1 Å². The van der Waals surface area contributed by atoms with Crippen LogP contribution in [0.3, 0.4) is 0 Å². The summed E-state index contributed by atoms with van der Waals surface area (Å²) < 4.78 is 16.3. The number of amides is 2. The van der Waals surface area contributed by atoms with Crippen LogP contribution >= 0.6 is 11.3 Å². The van der Waals surface area contributed by atoms with Gasteiger partial charge in [0, 0.05) is 28.8 Å². The van der Waals surface area contributed by atoms with Crippen molar-refractivity contribution in [3.8, 4) is 17.2 Å². The Kier molecular flexibility index (Phi) is 6.37. The van der Waals surface area contributed by atoms with E-state index in [1.165, 1.54) is 25.6 Å². The molecule has 1 aliphatic heterocycles. The molecule has 0 atom stereocenters. The second kappa shape index (κ2) is 9.38. The number of thiophene rings is 1. The lowest BCUT2D eigenvalue weighted by Gasteiger charge is -2.17. The van der Waals surface area contributed by atoms with Crippen LogP contribution in [0, 0.1) is 0 Å². The van der Waals surface area contributed by atoms with Crippen molar-refractivity contribution < 1.29 is 23.8 Å². The molecule has 0 spiro atoms. The first-order valence-corrected chi connectivity index (χ1v) is 11.2. The third-order valence-electron chi connectivity index (χ3n) is 4.94. The van der Waals surface area contributed by atoms with Gasteiger partial charge in [0.15, 0.2) is 0 Å². The fourth-order valence-corrected chi connectivity index (χ4v) is 4.25. The Morgan fingerprint density at radius 3 is 2.09 bits per heavy atom. The Morgan fingerprint density at radius 1 is 0.879 bits per heavy atom. The number of nitrogens with one attached hydrogen (secondary N) is 1. The number of carbonyl (C=O) groups is 2. The molecule has 33 heavy (non-hydrogen) atoms. The van der Waals surface area contributed by atoms with Gasteiger partial charge in [0.1, 0.15) is 22.9 Å². The lowest BCUT2D eigenvalue weighted by atomic mass is 10.2. The standard InChI is InChI=1S/C25H24N2O5S/c1-15(2)32-18-9-7-16(8-10-18)26-23-22(21-6-5-11-33-21)24(28)27(25(23)29)17-12-19(30-3)14-20(13-17)31-4/h5-15,26H,1-4H3. The first kappa shape index (κ1) is 22.4. The molecule has 4 rings (SSSR count). The second-order valence-corrected chi connectivity index (χ2v) is 8.51. The predicted octanol–water partition coefficient (Wildman–Crippen LogP) is 4.95. The zero-order valence-corrected chi connectivity index (χ0v) is 19.6. The summed E-state index contributed by atoms with van der Waals surface area (Å²) in [6.45, 7) is 3.91. The minimum Gasteiger partial charge on any atom is -0.497 e. The van der Waals surface area contributed by atoms with Crippen molar-refractivity contribution in [3.63, 3.8) is 0 Å². The minimum atomic E-state index is -0.457. The Balaban J connectivity index is 1.72. The van der Waals surface area contributed by atoms with E-state index in [-0.39, 0.29) is 11.8 Å². The van der Waals surface area contributed by atoms with Crippen LogP contribution < -0.4 is 24.4 Å². The van der Waals surface area contributed by atoms with E-state index in [9.17, 15) is 9.59 Å². The van der Waals surface area contributed by atoms with Crippen LogP contribution in [0.4, 0.5) is 11.4 Å². The van der Waals surface area contributed by atoms with Crippen LogP contribution in [0.1, 0.15) is 18.7 Å². The van der Waals surface area contributed by atoms with Gasteiger partial charge in [-0.15, -0.1) is 11.3 Å². The monoisotopic (exact) mass is 464 g/mol. The normalized spacial score (nSPS) is 13.7. The van der Waals surface area contributed by atoms with Crippen LogP contribution in [-0.4, -0.2) is 32.1 Å². The van der Waals surface area contributed by atoms with Crippen molar-refractivity contribution in [2.24, 2.45) is 0 Å². The van der Waals surface area contributed by atoms with Gasteiger partial charge in [0.25, 0.3) is 11.8 Å². The molecule has 0 fully saturated rings. The number of imide groups is 1. The molecule has 3 aromatic rings. The van der Waals surface area contributed by atoms with Gasteiger partial charge in [0.2, 0.25) is 0 Å². The molecular formula is C25H24N2O5S. The summed E-state index contributed by atoms with van der Waals surface area (Å²) in [7, 11) is 3.03. The van der Waals surface area contributed by atoms with E-state index in [0.717, 1.165) is 10.6 Å². The molecule has 2 heterocycles. The molecular weight excluding hydrogens is 440 g/mol. The highest BCUT2D eigenvalue weighted by Crippen LogP contribution is 2.38. The number of methoxy groups -OCH3 is 2. The number of ether oxygens (including phenoxy) is 3. The van der Waals surface area contributed by atoms with E-state index in [1.54, 1.807) is 18.2 Å². The van der Waals surface area contributed by atoms with Gasteiger partial charge in [-0.3, -0.25) is 9.59 Å². The van der Waals surface area contributed by atoms with Crippen molar-refractivity contribution in [2.45, 2.75) is 20.0 Å². The van der Waals surface area contributed by atoms with Crippen molar-refractivity contribution in [3.05, 3.63) is 70.6 Å². The van der Waals surface area contributed by atoms with Gasteiger partial charge in [-0.05, 0) is 49.6 Å². The van der Waals surface area contributed by atoms with Crippen LogP contribution in [0.2, 0.25) is 0 Å². The summed E-state index contributed by atoms with van der Waals surface area (Å²) in [5.74, 6) is 0.803. The molecule has 2 amide bonds. The highest BCUT2D eigenvalue weighted by Gasteiger charge is 2.41. The molecule has 0 bridgehead atoms. The molecule has 0 saturated heterocycles. The van der Waals surface area contributed by atoms with E-state index in [1.807, 2.05) is 55.6 Å². The maximum atomic E-state index is 13.5. The quantitative estimate of drug-likeness (QED) is 0.476. The smallest absolute Gasteiger partial charge is 0.282 e. The van der Waals surface area contributed by atoms with Crippen molar-refractivity contribution in [1.29, 1.82) is 0 Å². The zero-order chi connectivity index (χ0) is 23.5. The Bertz CT molecular complexity index is 1180. The number of nitrogens with zero attached hydrogens (tertiary/aromatic N) is 1. The van der Waals surface area contributed by atoms with E-state index in [2.05, 4.69) is 5.32 Å². The largest absolute Gasteiger partial charge is 0.497 e. The fraction of sp³-hybridized carbons (Fsp3) is 0.200. The van der Waals surface area contributed by atoms with Crippen LogP contribution in [-0.2, 0) is 9.59 Å². The fourth-order valence-electron chi connectivity index (χ4n) is 3.48. The molecule has 170 valence electrons. The topological polar surface area (TPSA) is 77.1 Å². The van der Waals surface area contributed by atoms with Crippen LogP contribution in [0.25, 0.3) is 5.57 Å². The van der Waals surface area contributed by atoms with Gasteiger partial charge in [-0.2, -0.15) is 0 Å². The molecule has 1 aliphatic rings. The maximum absolute atomic E-state index is 13.5. The summed E-state index contributed by atoms with van der Waals surface area (Å²) in [6.07, 6.45) is 0.0550. The number of hydrogen-bond donors (Lipinski definition) is 1. The van der Waals surface area contributed by atoms with Crippen molar-refractivity contribution in [1.82, 2.24) is 0 Å². The molecule has 1 aromatic heterocycles. The minimum absolute atomic E-state index is 0.0550. The molecule has 0 aliphatic carbocycles. The third-order valence-corrected chi connectivity index (χ3v) is 5.83. The molecule has 2 aromatic carbocycles. The van der Waals surface area contributed by atoms with Crippen LogP contribution in [0.5, 0.6) is 17.2 Å². The number of anilines is 2. The average Bonchev–Trinajstić information content (AvgIpc) is 3.41. The van der Waals surface area contributed by atoms with Gasteiger partial charge in [-0.25, -0.2) is 4.90 Å². The zero-order valence-electron chi connectivity index (χ0n) is 18.7. The molecule has 7 nitrogen and oxygen atoms in total. The lowest BCUT2D eigenvalue weighted by Crippen LogP contribution is -2.32. The summed E-state index contributed by atoms with van der Waals surface area (Å²) in [5, 5.41) is 5.02. The van der Waals surface area contributed by atoms with Gasteiger partial charge in [-0.1, -0.05) is 6.07 Å². The maximum Gasteiger partial charge on any atom is 0.282 e. The van der Waals surface area contributed by atoms with E-state index in [0.29, 0.717) is 33.3 Å². The van der Waals surface area contributed by atoms with Gasteiger partial charge < -0.3 is 19.5 Å². The average molecular weight is 465 g/mol. The summed E-state index contributed by atoms with van der Waals surface area (Å²) in [6, 6.07) is 15.9. The first-order chi connectivity index (χ1) is 15.9. The van der Waals surface area contributed by atoms with Crippen LogP contribution in [0.15, 0.2) is 65.7 Å². The Hall–Kier alpha value is -3.78. The Morgan fingerprint density at radius 2 is 1.55 bits per heavy atom. The number of benzene rings is 2. The molecule has 0 radical (unpaired) electrons. The van der Waals surface area contributed by atoms with E-state index < -0.39 is 11.8 Å². The molecule has 8 heteroatoms. The lowest BCUT2D eigenvalue weighted by molar-refractivity contribution is -0.120. The summed E-state index contributed by atoms with van der Waals surface area (Å²) >= 11 is 1.40. The predicted molar refractivity (Wildman–Crippen MR) is 129 cm³/mol. The SMILES string of the molecule is COc1cc(OC)cc(N2C(=O)C(Nc3ccc(OC(C)C)cc3)=C(c3cccs3)C2=O)c1. The Labute approximate surface area is 196 Å². The molecule has 0 saturated carbocycles. The summed E-state index contributed by atoms with van der Waals surface area (Å²) in [4.78, 5) is 28.9. The number of hydrogen-bond acceptors (Lipinski definition) is 7. The van der Waals surface area contributed by atoms with Gasteiger partial charge in [0.05, 0.1) is 31.6 Å². The third kappa shape index (κ3) is 4.56. The van der Waals surface area contributed by atoms with E-state index in [4.69, 9.17) is 14.2 Å². The number of rotatable bonds is 8. The van der Waals surface area contributed by atoms with E-state index >= 15 is 0 Å². The molecule has 1 N–H and O–H groups in total. The first-order valence-electron chi connectivity index (χ1n) is 10.3. The second-order valence-electron chi connectivity index (χ2n) is 7.56.